The van der Waals surface area contributed by atoms with Gasteiger partial charge in [0.05, 0.1) is 11.1 Å². The first-order chi connectivity index (χ1) is 13.1. The molecule has 0 aliphatic heterocycles. The first-order valence-electron chi connectivity index (χ1n) is 8.71. The highest BCUT2D eigenvalue weighted by Crippen LogP contribution is 2.21. The fourth-order valence-corrected chi connectivity index (χ4v) is 2.91. The van der Waals surface area contributed by atoms with Gasteiger partial charge < -0.3 is 15.2 Å². The molecule has 0 spiro atoms. The average molecular weight is 386 g/mol. The topological polar surface area (TPSA) is 41.5 Å². The van der Waals surface area contributed by atoms with Gasteiger partial charge in [0.15, 0.2) is 0 Å². The Morgan fingerprint density at radius 1 is 1.00 bits per heavy atom. The highest BCUT2D eigenvalue weighted by atomic mass is 35.5. The molecule has 2 N–H and O–H groups in total. The van der Waals surface area contributed by atoms with E-state index in [0.29, 0.717) is 23.9 Å². The van der Waals surface area contributed by atoms with Crippen LogP contribution in [0, 0.1) is 5.82 Å². The van der Waals surface area contributed by atoms with Crippen LogP contribution in [0.4, 0.5) is 4.39 Å². The average Bonchev–Trinajstić information content (AvgIpc) is 2.68. The number of aliphatic hydroxyl groups excluding tert-OH is 1. The smallest absolute Gasteiger partial charge is 0.124 e. The second-order valence-electron chi connectivity index (χ2n) is 6.23. The van der Waals surface area contributed by atoms with Gasteiger partial charge in [-0.1, -0.05) is 60.1 Å². The van der Waals surface area contributed by atoms with E-state index in [1.165, 1.54) is 12.1 Å². The lowest BCUT2D eigenvalue weighted by Crippen LogP contribution is -2.21. The molecule has 0 aromatic heterocycles. The molecular formula is C22H21ClFNO2. The predicted octanol–water partition coefficient (Wildman–Crippen LogP) is 4.88. The van der Waals surface area contributed by atoms with Gasteiger partial charge >= 0.3 is 0 Å². The first-order valence-corrected chi connectivity index (χ1v) is 9.09. The van der Waals surface area contributed by atoms with E-state index in [1.807, 2.05) is 54.6 Å². The number of rotatable bonds is 8. The molecular weight excluding hydrogens is 365 g/mol. The Hall–Kier alpha value is -2.40. The van der Waals surface area contributed by atoms with E-state index in [2.05, 4.69) is 5.32 Å². The molecule has 0 saturated carbocycles. The number of aliphatic hydroxyl groups is 1. The van der Waals surface area contributed by atoms with E-state index in [9.17, 15) is 9.50 Å². The molecule has 3 rings (SSSR count). The van der Waals surface area contributed by atoms with Gasteiger partial charge in [0.1, 0.15) is 18.2 Å². The molecule has 3 nitrogen and oxygen atoms in total. The Morgan fingerprint density at radius 3 is 2.59 bits per heavy atom. The van der Waals surface area contributed by atoms with Crippen LogP contribution in [-0.4, -0.2) is 11.7 Å². The summed E-state index contributed by atoms with van der Waals surface area (Å²) in [5.74, 6) is 0.341. The fourth-order valence-electron chi connectivity index (χ4n) is 2.69. The van der Waals surface area contributed by atoms with E-state index in [4.69, 9.17) is 16.3 Å². The molecule has 0 amide bonds. The summed E-state index contributed by atoms with van der Waals surface area (Å²) in [6, 6.07) is 21.5. The van der Waals surface area contributed by atoms with Gasteiger partial charge in [0, 0.05) is 18.7 Å². The second-order valence-corrected chi connectivity index (χ2v) is 6.64. The van der Waals surface area contributed by atoms with E-state index >= 15 is 0 Å². The van der Waals surface area contributed by atoms with Crippen molar-refractivity contribution in [2.45, 2.75) is 19.3 Å². The van der Waals surface area contributed by atoms with Crippen LogP contribution in [0.1, 0.15) is 22.8 Å². The van der Waals surface area contributed by atoms with E-state index < -0.39 is 6.10 Å². The van der Waals surface area contributed by atoms with Gasteiger partial charge in [-0.2, -0.15) is 0 Å². The van der Waals surface area contributed by atoms with E-state index in [0.717, 1.165) is 16.7 Å². The van der Waals surface area contributed by atoms with Gasteiger partial charge in [0.2, 0.25) is 0 Å². The van der Waals surface area contributed by atoms with Gasteiger partial charge in [-0.05, 0) is 35.4 Å². The number of nitrogens with one attached hydrogen (secondary N) is 1. The van der Waals surface area contributed by atoms with Crippen LogP contribution < -0.4 is 10.1 Å². The van der Waals surface area contributed by atoms with Crippen molar-refractivity contribution >= 4 is 11.6 Å². The van der Waals surface area contributed by atoms with Crippen molar-refractivity contribution < 1.29 is 14.2 Å². The third kappa shape index (κ3) is 5.79. The van der Waals surface area contributed by atoms with Gasteiger partial charge in [-0.15, -0.1) is 0 Å². The minimum atomic E-state index is -0.550. The highest BCUT2D eigenvalue weighted by molar-refractivity contribution is 6.31. The zero-order valence-corrected chi connectivity index (χ0v) is 15.5. The molecule has 3 aromatic carbocycles. The summed E-state index contributed by atoms with van der Waals surface area (Å²) < 4.78 is 18.9. The summed E-state index contributed by atoms with van der Waals surface area (Å²) in [7, 11) is 0. The van der Waals surface area contributed by atoms with Crippen molar-refractivity contribution in [2.75, 3.05) is 6.54 Å². The standard InChI is InChI=1S/C22H21ClFNO2/c23-21-12-19(24)10-9-18(21)15-27-20-8-4-5-16(11-20)13-25-14-22(26)17-6-2-1-3-7-17/h1-12,22,25-26H,13-15H2/t22-/m1/s1. The van der Waals surface area contributed by atoms with Crippen LogP contribution in [0.15, 0.2) is 72.8 Å². The van der Waals surface area contributed by atoms with Crippen molar-refractivity contribution in [3.63, 3.8) is 0 Å². The molecule has 27 heavy (non-hydrogen) atoms. The summed E-state index contributed by atoms with van der Waals surface area (Å²) in [5, 5.41) is 13.8. The van der Waals surface area contributed by atoms with Crippen LogP contribution in [0.3, 0.4) is 0 Å². The fraction of sp³-hybridized carbons (Fsp3) is 0.182. The largest absolute Gasteiger partial charge is 0.489 e. The third-order valence-electron chi connectivity index (χ3n) is 4.16. The summed E-state index contributed by atoms with van der Waals surface area (Å²) in [6.07, 6.45) is -0.550. The lowest BCUT2D eigenvalue weighted by Gasteiger charge is -2.13. The molecule has 1 atom stereocenters. The molecule has 0 radical (unpaired) electrons. The summed E-state index contributed by atoms with van der Waals surface area (Å²) in [5.41, 5.74) is 2.66. The van der Waals surface area contributed by atoms with Crippen LogP contribution in [0.5, 0.6) is 5.75 Å². The Bertz CT molecular complexity index is 873. The lowest BCUT2D eigenvalue weighted by atomic mass is 10.1. The summed E-state index contributed by atoms with van der Waals surface area (Å²) >= 11 is 6.02. The molecule has 0 fully saturated rings. The van der Waals surface area contributed by atoms with Gasteiger partial charge in [-0.3, -0.25) is 0 Å². The predicted molar refractivity (Wildman–Crippen MR) is 105 cm³/mol. The Labute approximate surface area is 163 Å². The van der Waals surface area contributed by atoms with E-state index in [1.54, 1.807) is 6.07 Å². The van der Waals surface area contributed by atoms with Crippen molar-refractivity contribution in [1.82, 2.24) is 5.32 Å². The zero-order chi connectivity index (χ0) is 19.1. The molecule has 3 aromatic rings. The quantitative estimate of drug-likeness (QED) is 0.580. The summed E-state index contributed by atoms with van der Waals surface area (Å²) in [4.78, 5) is 0. The summed E-state index contributed by atoms with van der Waals surface area (Å²) in [6.45, 7) is 1.33. The number of hydrogen-bond donors (Lipinski definition) is 2. The molecule has 0 saturated heterocycles. The Balaban J connectivity index is 1.51. The first kappa shape index (κ1) is 19.4. The zero-order valence-electron chi connectivity index (χ0n) is 14.7. The molecule has 5 heteroatoms. The van der Waals surface area contributed by atoms with Crippen molar-refractivity contribution in [2.24, 2.45) is 0 Å². The van der Waals surface area contributed by atoms with Gasteiger partial charge in [0.25, 0.3) is 0 Å². The molecule has 0 bridgehead atoms. The van der Waals surface area contributed by atoms with Gasteiger partial charge in [-0.25, -0.2) is 4.39 Å². The maximum Gasteiger partial charge on any atom is 0.124 e. The maximum atomic E-state index is 13.1. The number of benzene rings is 3. The Morgan fingerprint density at radius 2 is 1.81 bits per heavy atom. The van der Waals surface area contributed by atoms with Crippen LogP contribution >= 0.6 is 11.6 Å². The maximum absolute atomic E-state index is 13.1. The molecule has 0 heterocycles. The molecule has 0 unspecified atom stereocenters. The molecule has 0 aliphatic rings. The van der Waals surface area contributed by atoms with Crippen molar-refractivity contribution in [3.05, 3.63) is 100 Å². The van der Waals surface area contributed by atoms with Crippen LogP contribution in [-0.2, 0) is 13.2 Å². The third-order valence-corrected chi connectivity index (χ3v) is 4.51. The molecule has 0 aliphatic carbocycles. The van der Waals surface area contributed by atoms with Crippen LogP contribution in [0.25, 0.3) is 0 Å². The molecule has 140 valence electrons. The van der Waals surface area contributed by atoms with Crippen molar-refractivity contribution in [1.29, 1.82) is 0 Å². The van der Waals surface area contributed by atoms with Crippen molar-refractivity contribution in [3.8, 4) is 5.75 Å². The minimum Gasteiger partial charge on any atom is -0.489 e. The second kappa shape index (κ2) is 9.51. The Kier molecular flexibility index (Phi) is 6.82. The number of hydrogen-bond acceptors (Lipinski definition) is 3. The normalized spacial score (nSPS) is 12.0. The van der Waals surface area contributed by atoms with Crippen LogP contribution in [0.2, 0.25) is 5.02 Å². The highest BCUT2D eigenvalue weighted by Gasteiger charge is 2.07. The number of ether oxygens (including phenoxy) is 1. The number of halogens is 2. The monoisotopic (exact) mass is 385 g/mol. The SMILES string of the molecule is O[C@H](CNCc1cccc(OCc2ccc(F)cc2Cl)c1)c1ccccc1. The minimum absolute atomic E-state index is 0.267. The lowest BCUT2D eigenvalue weighted by molar-refractivity contribution is 0.174. The van der Waals surface area contributed by atoms with E-state index in [-0.39, 0.29) is 12.4 Å².